The van der Waals surface area contributed by atoms with Crippen LogP contribution in [-0.4, -0.2) is 26.3 Å². The van der Waals surface area contributed by atoms with Gasteiger partial charge in [-0.15, -0.1) is 0 Å². The van der Waals surface area contributed by atoms with Crippen molar-refractivity contribution in [3.63, 3.8) is 0 Å². The van der Waals surface area contributed by atoms with E-state index in [4.69, 9.17) is 4.74 Å². The zero-order valence-corrected chi connectivity index (χ0v) is 12.3. The van der Waals surface area contributed by atoms with E-state index in [1.807, 2.05) is 0 Å². The molecule has 1 heterocycles. The highest BCUT2D eigenvalue weighted by Crippen LogP contribution is 2.42. The summed E-state index contributed by atoms with van der Waals surface area (Å²) in [7, 11) is 0. The molecule has 1 saturated carbocycles. The molecular weight excluding hydrogens is 222 g/mol. The van der Waals surface area contributed by atoms with Crippen molar-refractivity contribution in [1.29, 1.82) is 0 Å². The molecule has 1 aliphatic heterocycles. The average molecular weight is 253 g/mol. The summed E-state index contributed by atoms with van der Waals surface area (Å²) in [5.41, 5.74) is 0. The molecule has 0 bridgehead atoms. The van der Waals surface area contributed by atoms with Crippen molar-refractivity contribution < 1.29 is 4.74 Å². The van der Waals surface area contributed by atoms with Crippen LogP contribution in [0.1, 0.15) is 52.4 Å². The highest BCUT2D eigenvalue weighted by atomic mass is 16.5. The fourth-order valence-electron chi connectivity index (χ4n) is 4.03. The lowest BCUT2D eigenvalue weighted by atomic mass is 9.66. The average Bonchev–Trinajstić information content (AvgIpc) is 2.46. The molecule has 0 amide bonds. The number of ether oxygens (including phenoxy) is 1. The van der Waals surface area contributed by atoms with Crippen LogP contribution in [0, 0.1) is 23.7 Å². The van der Waals surface area contributed by atoms with Crippen LogP contribution in [-0.2, 0) is 4.74 Å². The molecule has 2 fully saturated rings. The second-order valence-corrected chi connectivity index (χ2v) is 6.27. The van der Waals surface area contributed by atoms with Crippen LogP contribution in [0.2, 0.25) is 0 Å². The van der Waals surface area contributed by atoms with Gasteiger partial charge in [0.05, 0.1) is 0 Å². The number of rotatable bonds is 5. The largest absolute Gasteiger partial charge is 0.381 e. The summed E-state index contributed by atoms with van der Waals surface area (Å²) in [5, 5.41) is 3.59. The van der Waals surface area contributed by atoms with Crippen molar-refractivity contribution >= 4 is 0 Å². The van der Waals surface area contributed by atoms with Crippen molar-refractivity contribution in [3.05, 3.63) is 0 Å². The molecule has 106 valence electrons. The van der Waals surface area contributed by atoms with Crippen molar-refractivity contribution in [2.45, 2.75) is 52.4 Å². The van der Waals surface area contributed by atoms with Crippen molar-refractivity contribution in [1.82, 2.24) is 5.32 Å². The van der Waals surface area contributed by atoms with E-state index in [-0.39, 0.29) is 0 Å². The Kier molecular flexibility index (Phi) is 5.97. The van der Waals surface area contributed by atoms with Gasteiger partial charge in [0.2, 0.25) is 0 Å². The molecule has 0 spiro atoms. The fraction of sp³-hybridized carbons (Fsp3) is 1.00. The van der Waals surface area contributed by atoms with E-state index in [0.717, 1.165) is 43.4 Å². The summed E-state index contributed by atoms with van der Waals surface area (Å²) in [6.45, 7) is 8.97. The first-order valence-corrected chi connectivity index (χ1v) is 8.13. The van der Waals surface area contributed by atoms with Gasteiger partial charge in [-0.25, -0.2) is 0 Å². The first-order valence-electron chi connectivity index (χ1n) is 8.13. The van der Waals surface area contributed by atoms with E-state index in [1.165, 1.54) is 45.1 Å². The van der Waals surface area contributed by atoms with E-state index in [0.29, 0.717) is 0 Å². The predicted molar refractivity (Wildman–Crippen MR) is 76.7 cm³/mol. The number of hydrogen-bond acceptors (Lipinski definition) is 2. The molecule has 3 unspecified atom stereocenters. The third-order valence-corrected chi connectivity index (χ3v) is 5.26. The Morgan fingerprint density at radius 3 is 2.50 bits per heavy atom. The normalized spacial score (nSPS) is 34.7. The van der Waals surface area contributed by atoms with Gasteiger partial charge >= 0.3 is 0 Å². The van der Waals surface area contributed by atoms with E-state index in [9.17, 15) is 0 Å². The Hall–Kier alpha value is -0.0800. The second-order valence-electron chi connectivity index (χ2n) is 6.27. The van der Waals surface area contributed by atoms with Gasteiger partial charge in [0, 0.05) is 13.2 Å². The SMILES string of the molecule is CCNCC1CCC(CC)CC1C1CCOCC1. The van der Waals surface area contributed by atoms with Gasteiger partial charge < -0.3 is 10.1 Å². The van der Waals surface area contributed by atoms with Gasteiger partial charge in [-0.1, -0.05) is 26.7 Å². The molecule has 0 aromatic rings. The monoisotopic (exact) mass is 253 g/mol. The minimum absolute atomic E-state index is 0.927. The maximum atomic E-state index is 5.54. The first-order chi connectivity index (χ1) is 8.85. The molecule has 2 heteroatoms. The Bertz CT molecular complexity index is 225. The van der Waals surface area contributed by atoms with Gasteiger partial charge in [-0.2, -0.15) is 0 Å². The summed E-state index contributed by atoms with van der Waals surface area (Å²) < 4.78 is 5.54. The number of nitrogens with one attached hydrogen (secondary N) is 1. The van der Waals surface area contributed by atoms with E-state index in [2.05, 4.69) is 19.2 Å². The Morgan fingerprint density at radius 2 is 1.83 bits per heavy atom. The van der Waals surface area contributed by atoms with E-state index >= 15 is 0 Å². The van der Waals surface area contributed by atoms with Crippen LogP contribution < -0.4 is 5.32 Å². The van der Waals surface area contributed by atoms with Gasteiger partial charge in [-0.05, 0) is 62.4 Å². The Balaban J connectivity index is 1.93. The molecule has 0 aromatic carbocycles. The molecule has 0 aromatic heterocycles. The molecule has 1 aliphatic carbocycles. The predicted octanol–water partition coefficient (Wildman–Crippen LogP) is 3.47. The lowest BCUT2D eigenvalue weighted by Gasteiger charge is -2.42. The van der Waals surface area contributed by atoms with Crippen LogP contribution in [0.5, 0.6) is 0 Å². The van der Waals surface area contributed by atoms with Gasteiger partial charge in [-0.3, -0.25) is 0 Å². The lowest BCUT2D eigenvalue weighted by Crippen LogP contribution is -2.38. The van der Waals surface area contributed by atoms with Crippen molar-refractivity contribution in [3.8, 4) is 0 Å². The van der Waals surface area contributed by atoms with Gasteiger partial charge in [0.1, 0.15) is 0 Å². The summed E-state index contributed by atoms with van der Waals surface area (Å²) >= 11 is 0. The van der Waals surface area contributed by atoms with E-state index in [1.54, 1.807) is 0 Å². The number of hydrogen-bond donors (Lipinski definition) is 1. The highest BCUT2D eigenvalue weighted by molar-refractivity contribution is 4.86. The van der Waals surface area contributed by atoms with Crippen LogP contribution in [0.3, 0.4) is 0 Å². The summed E-state index contributed by atoms with van der Waals surface area (Å²) in [5.74, 6) is 3.83. The maximum absolute atomic E-state index is 5.54. The minimum atomic E-state index is 0.927. The summed E-state index contributed by atoms with van der Waals surface area (Å²) in [4.78, 5) is 0. The molecule has 2 nitrogen and oxygen atoms in total. The summed E-state index contributed by atoms with van der Waals surface area (Å²) in [6.07, 6.45) is 8.40. The first kappa shape index (κ1) is 14.3. The van der Waals surface area contributed by atoms with E-state index < -0.39 is 0 Å². The Labute approximate surface area is 113 Å². The molecular formula is C16H31NO. The molecule has 18 heavy (non-hydrogen) atoms. The minimum Gasteiger partial charge on any atom is -0.381 e. The van der Waals surface area contributed by atoms with Crippen LogP contribution in [0.15, 0.2) is 0 Å². The molecule has 2 aliphatic rings. The molecule has 1 saturated heterocycles. The fourth-order valence-corrected chi connectivity index (χ4v) is 4.03. The molecule has 2 rings (SSSR count). The molecule has 0 radical (unpaired) electrons. The van der Waals surface area contributed by atoms with Crippen LogP contribution >= 0.6 is 0 Å². The molecule has 1 N–H and O–H groups in total. The Morgan fingerprint density at radius 1 is 1.06 bits per heavy atom. The van der Waals surface area contributed by atoms with Crippen molar-refractivity contribution in [2.75, 3.05) is 26.3 Å². The zero-order valence-electron chi connectivity index (χ0n) is 12.3. The second kappa shape index (κ2) is 7.49. The van der Waals surface area contributed by atoms with Crippen LogP contribution in [0.25, 0.3) is 0 Å². The van der Waals surface area contributed by atoms with Crippen molar-refractivity contribution in [2.24, 2.45) is 23.7 Å². The molecule has 3 atom stereocenters. The van der Waals surface area contributed by atoms with Gasteiger partial charge in [0.25, 0.3) is 0 Å². The standard InChI is InChI=1S/C16H31NO/c1-3-13-5-6-15(12-17-4-2)16(11-13)14-7-9-18-10-8-14/h13-17H,3-12H2,1-2H3. The smallest absolute Gasteiger partial charge is 0.0468 e. The maximum Gasteiger partial charge on any atom is 0.0468 e. The third-order valence-electron chi connectivity index (χ3n) is 5.26. The van der Waals surface area contributed by atoms with Gasteiger partial charge in [0.15, 0.2) is 0 Å². The summed E-state index contributed by atoms with van der Waals surface area (Å²) in [6, 6.07) is 0. The lowest BCUT2D eigenvalue weighted by molar-refractivity contribution is 0.0140. The zero-order chi connectivity index (χ0) is 12.8. The van der Waals surface area contributed by atoms with Crippen LogP contribution in [0.4, 0.5) is 0 Å². The quantitative estimate of drug-likeness (QED) is 0.810. The topological polar surface area (TPSA) is 21.3 Å². The third kappa shape index (κ3) is 3.71. The highest BCUT2D eigenvalue weighted by Gasteiger charge is 2.35.